The van der Waals surface area contributed by atoms with Gasteiger partial charge in [0.2, 0.25) is 0 Å². The van der Waals surface area contributed by atoms with Gasteiger partial charge in [-0.05, 0) is 44.1 Å². The first-order chi connectivity index (χ1) is 9.10. The number of benzene rings is 1. The number of likely N-dealkylation sites (tertiary alicyclic amines) is 1. The molecule has 0 bridgehead atoms. The molecule has 0 radical (unpaired) electrons. The summed E-state index contributed by atoms with van der Waals surface area (Å²) < 4.78 is 13.3. The molecule has 1 amide bonds. The molecule has 1 fully saturated rings. The zero-order valence-electron chi connectivity index (χ0n) is 11.2. The van der Waals surface area contributed by atoms with Crippen molar-refractivity contribution in [3.8, 4) is 0 Å². The number of nitrogen functional groups attached to an aromatic ring is 1. The lowest BCUT2D eigenvalue weighted by Crippen LogP contribution is -2.47. The highest BCUT2D eigenvalue weighted by molar-refractivity contribution is 5.94. The summed E-state index contributed by atoms with van der Waals surface area (Å²) in [7, 11) is 0. The number of rotatable bonds is 3. The Hall–Kier alpha value is -1.62. The number of nitrogens with zero attached hydrogens (tertiary/aromatic N) is 1. The number of amides is 1. The van der Waals surface area contributed by atoms with E-state index in [1.807, 2.05) is 0 Å². The first kappa shape index (κ1) is 13.8. The van der Waals surface area contributed by atoms with Crippen molar-refractivity contribution < 1.29 is 9.18 Å². The zero-order chi connectivity index (χ0) is 13.8. The number of carbonyl (C=O) groups is 1. The van der Waals surface area contributed by atoms with Gasteiger partial charge in [0.05, 0.1) is 5.69 Å². The summed E-state index contributed by atoms with van der Waals surface area (Å²) in [5, 5.41) is 2.96. The van der Waals surface area contributed by atoms with E-state index in [4.69, 9.17) is 5.73 Å². The lowest BCUT2D eigenvalue weighted by Gasteiger charge is -2.32. The van der Waals surface area contributed by atoms with Crippen LogP contribution < -0.4 is 11.1 Å². The second kappa shape index (κ2) is 6.02. The first-order valence-electron chi connectivity index (χ1n) is 6.68. The number of hydrogen-bond donors (Lipinski definition) is 2. The molecule has 3 N–H and O–H groups in total. The lowest BCUT2D eigenvalue weighted by atomic mass is 10.0. The number of likely N-dealkylation sites (N-methyl/N-ethyl adjacent to an activating group) is 1. The molecule has 1 unspecified atom stereocenters. The van der Waals surface area contributed by atoms with Crippen molar-refractivity contribution in [3.63, 3.8) is 0 Å². The van der Waals surface area contributed by atoms with Crippen LogP contribution in [0.3, 0.4) is 0 Å². The third-order valence-corrected chi connectivity index (χ3v) is 3.55. The van der Waals surface area contributed by atoms with Gasteiger partial charge in [-0.25, -0.2) is 4.39 Å². The number of anilines is 1. The van der Waals surface area contributed by atoms with E-state index in [2.05, 4.69) is 17.1 Å². The number of carbonyl (C=O) groups excluding carboxylic acids is 1. The second-order valence-electron chi connectivity index (χ2n) is 4.94. The van der Waals surface area contributed by atoms with E-state index in [1.165, 1.54) is 12.1 Å². The largest absolute Gasteiger partial charge is 0.396 e. The topological polar surface area (TPSA) is 58.4 Å². The van der Waals surface area contributed by atoms with Crippen molar-refractivity contribution in [1.82, 2.24) is 10.2 Å². The Morgan fingerprint density at radius 1 is 1.58 bits per heavy atom. The number of hydrogen-bond acceptors (Lipinski definition) is 3. The molecule has 0 saturated carbocycles. The molecular formula is C14H20FN3O. The predicted molar refractivity (Wildman–Crippen MR) is 73.4 cm³/mol. The van der Waals surface area contributed by atoms with E-state index in [-0.39, 0.29) is 17.6 Å². The van der Waals surface area contributed by atoms with Crippen LogP contribution in [-0.4, -0.2) is 36.5 Å². The van der Waals surface area contributed by atoms with Crippen molar-refractivity contribution in [2.45, 2.75) is 25.8 Å². The maximum absolute atomic E-state index is 13.3. The number of piperidine rings is 1. The Kier molecular flexibility index (Phi) is 4.37. The Labute approximate surface area is 112 Å². The molecule has 0 aliphatic carbocycles. The molecule has 2 rings (SSSR count). The van der Waals surface area contributed by atoms with Gasteiger partial charge < -0.3 is 16.0 Å². The highest BCUT2D eigenvalue weighted by Crippen LogP contribution is 2.14. The fraction of sp³-hybridized carbons (Fsp3) is 0.500. The van der Waals surface area contributed by atoms with Crippen LogP contribution in [-0.2, 0) is 0 Å². The summed E-state index contributed by atoms with van der Waals surface area (Å²) in [6, 6.07) is 4.30. The van der Waals surface area contributed by atoms with Crippen LogP contribution in [0.2, 0.25) is 0 Å². The summed E-state index contributed by atoms with van der Waals surface area (Å²) >= 11 is 0. The van der Waals surface area contributed by atoms with Gasteiger partial charge in [0.15, 0.2) is 0 Å². The Morgan fingerprint density at radius 2 is 2.37 bits per heavy atom. The summed E-state index contributed by atoms with van der Waals surface area (Å²) in [5.74, 6) is -0.784. The van der Waals surface area contributed by atoms with Crippen LogP contribution in [0.25, 0.3) is 0 Å². The molecule has 104 valence electrons. The molecule has 5 heteroatoms. The van der Waals surface area contributed by atoms with Crippen molar-refractivity contribution in [2.75, 3.05) is 25.4 Å². The Bertz CT molecular complexity index is 464. The van der Waals surface area contributed by atoms with Gasteiger partial charge in [-0.2, -0.15) is 0 Å². The van der Waals surface area contributed by atoms with Gasteiger partial charge in [-0.1, -0.05) is 6.92 Å². The maximum atomic E-state index is 13.3. The average Bonchev–Trinajstić information content (AvgIpc) is 2.42. The number of halogens is 1. The summed E-state index contributed by atoms with van der Waals surface area (Å²) in [6.07, 6.45) is 2.05. The molecule has 1 aliphatic heterocycles. The summed E-state index contributed by atoms with van der Waals surface area (Å²) in [4.78, 5) is 14.3. The maximum Gasteiger partial charge on any atom is 0.251 e. The van der Waals surface area contributed by atoms with Gasteiger partial charge in [-0.3, -0.25) is 4.79 Å². The molecule has 1 heterocycles. The zero-order valence-corrected chi connectivity index (χ0v) is 11.2. The van der Waals surface area contributed by atoms with Gasteiger partial charge >= 0.3 is 0 Å². The summed E-state index contributed by atoms with van der Waals surface area (Å²) in [6.45, 7) is 5.04. The van der Waals surface area contributed by atoms with Gasteiger partial charge in [0.25, 0.3) is 5.91 Å². The molecule has 1 aliphatic rings. The van der Waals surface area contributed by atoms with Crippen LogP contribution in [0.4, 0.5) is 10.1 Å². The molecule has 1 saturated heterocycles. The number of nitrogens with one attached hydrogen (secondary N) is 1. The molecule has 1 aromatic carbocycles. The van der Waals surface area contributed by atoms with Gasteiger partial charge in [-0.15, -0.1) is 0 Å². The average molecular weight is 265 g/mol. The second-order valence-corrected chi connectivity index (χ2v) is 4.94. The molecule has 4 nitrogen and oxygen atoms in total. The quantitative estimate of drug-likeness (QED) is 0.817. The standard InChI is InChI=1S/C14H20FN3O/c1-2-18-7-3-4-11(9-18)17-14(19)10-5-6-13(16)12(15)8-10/h5-6,8,11H,2-4,7,9,16H2,1H3,(H,17,19). The third-order valence-electron chi connectivity index (χ3n) is 3.55. The first-order valence-corrected chi connectivity index (χ1v) is 6.68. The smallest absolute Gasteiger partial charge is 0.251 e. The van der Waals surface area contributed by atoms with Crippen LogP contribution in [0.15, 0.2) is 18.2 Å². The van der Waals surface area contributed by atoms with E-state index < -0.39 is 5.82 Å². The third kappa shape index (κ3) is 3.44. The van der Waals surface area contributed by atoms with Crippen LogP contribution >= 0.6 is 0 Å². The van der Waals surface area contributed by atoms with Crippen LogP contribution in [0.1, 0.15) is 30.1 Å². The van der Waals surface area contributed by atoms with Crippen molar-refractivity contribution in [1.29, 1.82) is 0 Å². The van der Waals surface area contributed by atoms with E-state index in [9.17, 15) is 9.18 Å². The van der Waals surface area contributed by atoms with E-state index >= 15 is 0 Å². The molecular weight excluding hydrogens is 245 g/mol. The summed E-state index contributed by atoms with van der Waals surface area (Å²) in [5.41, 5.74) is 5.78. The number of nitrogens with two attached hydrogens (primary N) is 1. The molecule has 1 aromatic rings. The molecule has 19 heavy (non-hydrogen) atoms. The van der Waals surface area contributed by atoms with E-state index in [1.54, 1.807) is 6.07 Å². The monoisotopic (exact) mass is 265 g/mol. The molecule has 1 atom stereocenters. The minimum Gasteiger partial charge on any atom is -0.396 e. The van der Waals surface area contributed by atoms with E-state index in [0.717, 1.165) is 32.5 Å². The van der Waals surface area contributed by atoms with Crippen molar-refractivity contribution in [2.24, 2.45) is 0 Å². The highest BCUT2D eigenvalue weighted by Gasteiger charge is 2.21. The Morgan fingerprint density at radius 3 is 3.05 bits per heavy atom. The fourth-order valence-electron chi connectivity index (χ4n) is 2.40. The van der Waals surface area contributed by atoms with Crippen molar-refractivity contribution in [3.05, 3.63) is 29.6 Å². The van der Waals surface area contributed by atoms with Crippen molar-refractivity contribution >= 4 is 11.6 Å². The van der Waals surface area contributed by atoms with Crippen LogP contribution in [0.5, 0.6) is 0 Å². The highest BCUT2D eigenvalue weighted by atomic mass is 19.1. The van der Waals surface area contributed by atoms with Gasteiger partial charge in [0, 0.05) is 18.2 Å². The van der Waals surface area contributed by atoms with Gasteiger partial charge in [0.1, 0.15) is 5.82 Å². The minimum absolute atomic E-state index is 0.0615. The fourth-order valence-corrected chi connectivity index (χ4v) is 2.40. The van der Waals surface area contributed by atoms with E-state index in [0.29, 0.717) is 5.56 Å². The molecule has 0 aromatic heterocycles. The Balaban J connectivity index is 1.98. The van der Waals surface area contributed by atoms with Crippen LogP contribution in [0, 0.1) is 5.82 Å². The minimum atomic E-state index is -0.550. The molecule has 0 spiro atoms. The predicted octanol–water partition coefficient (Wildman–Crippen LogP) is 1.62. The SMILES string of the molecule is CCN1CCCC(NC(=O)c2ccc(N)c(F)c2)C1. The normalized spacial score (nSPS) is 20.2. The lowest BCUT2D eigenvalue weighted by molar-refractivity contribution is 0.0905.